The van der Waals surface area contributed by atoms with Crippen molar-refractivity contribution in [3.63, 3.8) is 0 Å². The second-order valence-corrected chi connectivity index (χ2v) is 9.47. The van der Waals surface area contributed by atoms with Crippen LogP contribution in [0.15, 0.2) is 18.3 Å². The largest absolute Gasteiger partial charge is 0.396 e. The Kier molecular flexibility index (Phi) is 26.3. The number of unbranched alkanes of at least 4 members (excludes halogenated alkanes) is 1. The third-order valence-electron chi connectivity index (χ3n) is 4.31. The molecule has 2 N–H and O–H groups in total. The molecule has 0 bridgehead atoms. The lowest BCUT2D eigenvalue weighted by atomic mass is 10.1. The minimum atomic E-state index is -0.280. The standard InChI is InChI=1S/C20H34N4O3.C4H10O.2C2H6/c1-16(2)11-13-27-20(4,5)15-24-14-18(22-23-24)8-6-7-12-21-19(26)10-9-17(3)25;1-4(2)3-5;2*1-2/h9-10,14,16H,6-8,11-13,15H2,1-5H3,(H,21,26);4-5H,3H2,1-2H3;2*1-2H3/b10-9+;;;. The van der Waals surface area contributed by atoms with E-state index in [0.29, 0.717) is 31.5 Å². The maximum Gasteiger partial charge on any atom is 0.244 e. The van der Waals surface area contributed by atoms with Gasteiger partial charge < -0.3 is 15.2 Å². The van der Waals surface area contributed by atoms with Gasteiger partial charge in [-0.1, -0.05) is 60.6 Å². The summed E-state index contributed by atoms with van der Waals surface area (Å²) in [5.74, 6) is 0.696. The lowest BCUT2D eigenvalue weighted by Crippen LogP contribution is -2.31. The Labute approximate surface area is 221 Å². The van der Waals surface area contributed by atoms with Crippen molar-refractivity contribution in [3.05, 3.63) is 24.0 Å². The smallest absolute Gasteiger partial charge is 0.244 e. The fraction of sp³-hybridized carbons (Fsp3) is 0.786. The van der Waals surface area contributed by atoms with Gasteiger partial charge in [-0.25, -0.2) is 4.68 Å². The minimum Gasteiger partial charge on any atom is -0.396 e. The molecule has 0 saturated carbocycles. The summed E-state index contributed by atoms with van der Waals surface area (Å²) in [5, 5.41) is 19.3. The topological polar surface area (TPSA) is 106 Å². The van der Waals surface area contributed by atoms with E-state index in [1.165, 1.54) is 19.1 Å². The third kappa shape index (κ3) is 26.5. The van der Waals surface area contributed by atoms with Gasteiger partial charge in [0.05, 0.1) is 17.8 Å². The van der Waals surface area contributed by atoms with E-state index in [0.717, 1.165) is 38.0 Å². The first-order valence-corrected chi connectivity index (χ1v) is 13.6. The Hall–Kier alpha value is -2.06. The van der Waals surface area contributed by atoms with Crippen molar-refractivity contribution in [1.82, 2.24) is 20.3 Å². The van der Waals surface area contributed by atoms with Gasteiger partial charge in [0, 0.05) is 32.0 Å². The molecule has 36 heavy (non-hydrogen) atoms. The van der Waals surface area contributed by atoms with Crippen LogP contribution in [0.3, 0.4) is 0 Å². The summed E-state index contributed by atoms with van der Waals surface area (Å²) in [4.78, 5) is 22.2. The van der Waals surface area contributed by atoms with Gasteiger partial charge in [0.25, 0.3) is 0 Å². The highest BCUT2D eigenvalue weighted by atomic mass is 16.5. The number of rotatable bonds is 14. The van der Waals surface area contributed by atoms with Crippen LogP contribution >= 0.6 is 0 Å². The van der Waals surface area contributed by atoms with Gasteiger partial charge in [-0.15, -0.1) is 5.10 Å². The molecule has 0 spiro atoms. The molecule has 0 aromatic carbocycles. The molecule has 0 atom stereocenters. The van der Waals surface area contributed by atoms with E-state index >= 15 is 0 Å². The molecule has 0 aliphatic heterocycles. The molecular formula is C28H56N4O4. The molecule has 1 aromatic heterocycles. The molecule has 8 nitrogen and oxygen atoms in total. The zero-order valence-electron chi connectivity index (χ0n) is 25.1. The number of aliphatic hydroxyl groups is 1. The number of hydrogen-bond donors (Lipinski definition) is 2. The number of nitrogens with one attached hydrogen (secondary N) is 1. The van der Waals surface area contributed by atoms with E-state index in [2.05, 4.69) is 43.3 Å². The predicted octanol–water partition coefficient (Wildman–Crippen LogP) is 5.39. The molecule has 1 heterocycles. The Bertz CT molecular complexity index is 683. The number of aryl methyl sites for hydroxylation is 1. The van der Waals surface area contributed by atoms with Crippen LogP contribution in [0.25, 0.3) is 0 Å². The molecule has 0 unspecified atom stereocenters. The first kappa shape index (κ1) is 38.5. The van der Waals surface area contributed by atoms with Crippen LogP contribution in [0.5, 0.6) is 0 Å². The van der Waals surface area contributed by atoms with E-state index in [-0.39, 0.29) is 17.3 Å². The second kappa shape index (κ2) is 24.6. The highest BCUT2D eigenvalue weighted by molar-refractivity contribution is 5.96. The Morgan fingerprint density at radius 1 is 1.08 bits per heavy atom. The SMILES string of the molecule is CC.CC.CC(=O)/C=C/C(=O)NCCCCc1cn(CC(C)(C)OCCC(C)C)nn1.CC(C)CO. The number of ketones is 1. The number of aliphatic hydroxyl groups excluding tert-OH is 1. The molecule has 0 saturated heterocycles. The van der Waals surface area contributed by atoms with E-state index < -0.39 is 0 Å². The van der Waals surface area contributed by atoms with Crippen molar-refractivity contribution in [2.24, 2.45) is 11.8 Å². The highest BCUT2D eigenvalue weighted by Crippen LogP contribution is 2.14. The molecule has 0 aliphatic rings. The van der Waals surface area contributed by atoms with Crippen LogP contribution in [-0.2, 0) is 27.3 Å². The van der Waals surface area contributed by atoms with Gasteiger partial charge in [-0.2, -0.15) is 0 Å². The van der Waals surface area contributed by atoms with Gasteiger partial charge in [-0.05, 0) is 64.4 Å². The first-order chi connectivity index (χ1) is 16.9. The van der Waals surface area contributed by atoms with Crippen LogP contribution < -0.4 is 5.32 Å². The summed E-state index contributed by atoms with van der Waals surface area (Å²) in [7, 11) is 0. The average molecular weight is 513 g/mol. The number of aromatic nitrogens is 3. The number of nitrogens with zero attached hydrogens (tertiary/aromatic N) is 3. The van der Waals surface area contributed by atoms with E-state index in [9.17, 15) is 9.59 Å². The molecule has 0 radical (unpaired) electrons. The molecule has 0 aliphatic carbocycles. The van der Waals surface area contributed by atoms with E-state index in [1.807, 2.05) is 52.4 Å². The molecular weight excluding hydrogens is 456 g/mol. The highest BCUT2D eigenvalue weighted by Gasteiger charge is 2.20. The van der Waals surface area contributed by atoms with Crippen LogP contribution in [0.1, 0.15) is 101 Å². The fourth-order valence-electron chi connectivity index (χ4n) is 2.43. The number of hydrogen-bond acceptors (Lipinski definition) is 6. The van der Waals surface area contributed by atoms with Crippen molar-refractivity contribution >= 4 is 11.7 Å². The maximum absolute atomic E-state index is 11.4. The summed E-state index contributed by atoms with van der Waals surface area (Å²) < 4.78 is 7.80. The zero-order valence-corrected chi connectivity index (χ0v) is 25.1. The predicted molar refractivity (Wildman–Crippen MR) is 150 cm³/mol. The van der Waals surface area contributed by atoms with Crippen molar-refractivity contribution in [2.45, 2.75) is 114 Å². The summed E-state index contributed by atoms with van der Waals surface area (Å²) in [6, 6.07) is 0. The lowest BCUT2D eigenvalue weighted by Gasteiger charge is -2.25. The number of carbonyl (C=O) groups is 2. The first-order valence-electron chi connectivity index (χ1n) is 13.6. The molecule has 8 heteroatoms. The monoisotopic (exact) mass is 512 g/mol. The van der Waals surface area contributed by atoms with Crippen LogP contribution in [0, 0.1) is 11.8 Å². The van der Waals surface area contributed by atoms with E-state index in [4.69, 9.17) is 9.84 Å². The number of allylic oxidation sites excluding steroid dienone is 1. The number of ether oxygens (including phenoxy) is 1. The van der Waals surface area contributed by atoms with Gasteiger partial charge in [0.15, 0.2) is 5.78 Å². The molecule has 0 fully saturated rings. The Balaban J connectivity index is -0.00000105. The van der Waals surface area contributed by atoms with Crippen molar-refractivity contribution < 1.29 is 19.4 Å². The van der Waals surface area contributed by atoms with Crippen LogP contribution in [0.2, 0.25) is 0 Å². The number of amides is 1. The summed E-state index contributed by atoms with van der Waals surface area (Å²) in [5.41, 5.74) is 0.660. The molecule has 212 valence electrons. The van der Waals surface area contributed by atoms with Gasteiger partial charge in [0.1, 0.15) is 0 Å². The van der Waals surface area contributed by atoms with Crippen molar-refractivity contribution in [3.8, 4) is 0 Å². The minimum absolute atomic E-state index is 0.137. The molecule has 1 amide bonds. The van der Waals surface area contributed by atoms with Gasteiger partial charge >= 0.3 is 0 Å². The Morgan fingerprint density at radius 2 is 1.67 bits per heavy atom. The summed E-state index contributed by atoms with van der Waals surface area (Å²) >= 11 is 0. The van der Waals surface area contributed by atoms with Gasteiger partial charge in [-0.3, -0.25) is 9.59 Å². The lowest BCUT2D eigenvalue weighted by molar-refractivity contribution is -0.117. The molecule has 1 rings (SSSR count). The normalized spacial score (nSPS) is 10.7. The maximum atomic E-state index is 11.4. The van der Waals surface area contributed by atoms with Crippen molar-refractivity contribution in [1.29, 1.82) is 0 Å². The fourth-order valence-corrected chi connectivity index (χ4v) is 2.43. The molecule has 1 aromatic rings. The van der Waals surface area contributed by atoms with Gasteiger partial charge in [0.2, 0.25) is 5.91 Å². The van der Waals surface area contributed by atoms with Crippen molar-refractivity contribution in [2.75, 3.05) is 19.8 Å². The summed E-state index contributed by atoms with van der Waals surface area (Å²) in [6.07, 6.45) is 8.10. The quantitative estimate of drug-likeness (QED) is 0.256. The van der Waals surface area contributed by atoms with E-state index in [1.54, 1.807) is 0 Å². The average Bonchev–Trinajstić information content (AvgIpc) is 3.26. The van der Waals surface area contributed by atoms with Crippen LogP contribution in [-0.4, -0.2) is 57.2 Å². The third-order valence-corrected chi connectivity index (χ3v) is 4.31. The number of carbonyl (C=O) groups excluding carboxylic acids is 2. The Morgan fingerprint density at radius 3 is 2.17 bits per heavy atom. The zero-order chi connectivity index (χ0) is 28.6. The van der Waals surface area contributed by atoms with Crippen LogP contribution in [0.4, 0.5) is 0 Å². The summed E-state index contributed by atoms with van der Waals surface area (Å²) in [6.45, 7) is 24.2. The second-order valence-electron chi connectivity index (χ2n) is 9.47.